The Labute approximate surface area is 61.2 Å². The smallest absolute Gasteiger partial charge is 0.364 e. The maximum absolute atomic E-state index is 10.7. The Morgan fingerprint density at radius 1 is 1.55 bits per heavy atom. The molecule has 1 aliphatic rings. The van der Waals surface area contributed by atoms with Gasteiger partial charge in [0, 0.05) is 0 Å². The van der Waals surface area contributed by atoms with Crippen molar-refractivity contribution in [1.29, 1.82) is 0 Å². The van der Waals surface area contributed by atoms with Crippen LogP contribution in [0.15, 0.2) is 9.79 Å². The number of fused-ring (bicyclic) bond motifs is 1. The van der Waals surface area contributed by atoms with Gasteiger partial charge in [-0.15, -0.1) is 0 Å². The van der Waals surface area contributed by atoms with Crippen molar-refractivity contribution in [2.24, 2.45) is 4.99 Å². The Hall–Kier alpha value is -1.94. The molecule has 1 aromatic heterocycles. The lowest BCUT2D eigenvalue weighted by molar-refractivity contribution is 1.09. The average Bonchev–Trinajstić information content (AvgIpc) is 2.34. The van der Waals surface area contributed by atoms with Crippen LogP contribution in [0.1, 0.15) is 0 Å². The van der Waals surface area contributed by atoms with Gasteiger partial charge in [-0.2, -0.15) is 5.32 Å². The van der Waals surface area contributed by atoms with Crippen LogP contribution < -0.4 is 16.7 Å². The highest BCUT2D eigenvalue weighted by Crippen LogP contribution is 2.28. The second kappa shape index (κ2) is 1.77. The molecule has 0 fully saturated rings. The zero-order chi connectivity index (χ0) is 7.84. The normalized spacial score (nSPS) is 12.0. The first-order valence-corrected chi connectivity index (χ1v) is 2.89. The van der Waals surface area contributed by atoms with Crippen LogP contribution in [-0.4, -0.2) is 16.3 Å². The van der Waals surface area contributed by atoms with E-state index in [9.17, 15) is 4.79 Å². The highest BCUT2D eigenvalue weighted by atomic mass is 16.1. The minimum Gasteiger partial charge on any atom is -0.371 e. The molecule has 0 unspecified atom stereocenters. The second-order valence-electron chi connectivity index (χ2n) is 2.00. The Balaban J connectivity index is 2.76. The predicted octanol–water partition coefficient (Wildman–Crippen LogP) is -0.686. The maximum Gasteiger partial charge on any atom is 0.364 e. The van der Waals surface area contributed by atoms with Gasteiger partial charge >= 0.3 is 17.2 Å². The van der Waals surface area contributed by atoms with Crippen molar-refractivity contribution in [3.63, 3.8) is 0 Å². The summed E-state index contributed by atoms with van der Waals surface area (Å²) in [5.41, 5.74) is 5.35. The van der Waals surface area contributed by atoms with Crippen LogP contribution in [0.3, 0.4) is 0 Å². The zero-order valence-corrected chi connectivity index (χ0v) is 5.38. The third-order valence-corrected chi connectivity index (χ3v) is 1.28. The number of nitrogen functional groups attached to an aromatic ring is 1. The molecule has 6 heteroatoms. The van der Waals surface area contributed by atoms with E-state index in [1.807, 2.05) is 0 Å². The van der Waals surface area contributed by atoms with Crippen molar-refractivity contribution in [2.45, 2.75) is 0 Å². The maximum atomic E-state index is 10.7. The molecule has 0 aromatic carbocycles. The van der Waals surface area contributed by atoms with E-state index in [1.165, 1.54) is 0 Å². The Morgan fingerprint density at radius 3 is 3.18 bits per heavy atom. The molecule has 2 heterocycles. The molecule has 0 saturated heterocycles. The fraction of sp³-hybridized carbons (Fsp3) is 0. The average molecular weight is 150 g/mol. The molecule has 2 rings (SSSR count). The van der Waals surface area contributed by atoms with Crippen LogP contribution >= 0.6 is 0 Å². The topological polar surface area (TPSA) is 96.2 Å². The van der Waals surface area contributed by atoms with Gasteiger partial charge in [0.25, 0.3) is 6.34 Å². The molecule has 1 aromatic rings. The van der Waals surface area contributed by atoms with Gasteiger partial charge in [0.05, 0.1) is 0 Å². The summed E-state index contributed by atoms with van der Waals surface area (Å²) in [6.45, 7) is 0. The van der Waals surface area contributed by atoms with Gasteiger partial charge in [-0.25, -0.2) is 4.79 Å². The number of nitrogens with one attached hydrogen (secondary N) is 2. The highest BCUT2D eigenvalue weighted by Gasteiger charge is 2.24. The number of rotatable bonds is 0. The summed E-state index contributed by atoms with van der Waals surface area (Å²) in [7, 11) is 0. The van der Waals surface area contributed by atoms with E-state index in [2.05, 4.69) is 26.6 Å². The highest BCUT2D eigenvalue weighted by molar-refractivity contribution is 5.92. The number of nitrogens with zero attached hydrogens (tertiary/aromatic N) is 2. The van der Waals surface area contributed by atoms with E-state index in [1.54, 1.807) is 0 Å². The Bertz CT molecular complexity index is 379. The number of nitrogens with two attached hydrogens (primary N) is 1. The lowest BCUT2D eigenvalue weighted by Gasteiger charge is -1.87. The third kappa shape index (κ3) is 0.736. The van der Waals surface area contributed by atoms with Crippen LogP contribution in [0.25, 0.3) is 0 Å². The molecule has 0 saturated carbocycles. The monoisotopic (exact) mass is 150 g/mol. The SMILES string of the molecule is Nc1[nH]c(=O)nc2c1N=[C+]N2. The van der Waals surface area contributed by atoms with E-state index in [0.717, 1.165) is 0 Å². The van der Waals surface area contributed by atoms with Crippen molar-refractivity contribution in [2.75, 3.05) is 11.1 Å². The molecule has 0 aliphatic carbocycles. The molecule has 54 valence electrons. The van der Waals surface area contributed by atoms with Gasteiger partial charge in [0.2, 0.25) is 5.82 Å². The number of aliphatic imine (C=N–C) groups is 1. The minimum absolute atomic E-state index is 0.206. The van der Waals surface area contributed by atoms with Crippen LogP contribution in [0.2, 0.25) is 0 Å². The van der Waals surface area contributed by atoms with Crippen LogP contribution in [0.5, 0.6) is 0 Å². The number of hydrogen-bond acceptors (Lipinski definition) is 5. The molecule has 11 heavy (non-hydrogen) atoms. The number of anilines is 2. The first-order valence-electron chi connectivity index (χ1n) is 2.89. The quantitative estimate of drug-likeness (QED) is 0.426. The van der Waals surface area contributed by atoms with Gasteiger partial charge in [-0.1, -0.05) is 4.98 Å². The van der Waals surface area contributed by atoms with E-state index in [-0.39, 0.29) is 5.82 Å². The summed E-state index contributed by atoms with van der Waals surface area (Å²) in [6, 6.07) is 0. The third-order valence-electron chi connectivity index (χ3n) is 1.28. The minimum atomic E-state index is -0.493. The van der Waals surface area contributed by atoms with Crippen molar-refractivity contribution in [1.82, 2.24) is 9.97 Å². The molecule has 1 aliphatic heterocycles. The van der Waals surface area contributed by atoms with Crippen molar-refractivity contribution < 1.29 is 0 Å². The summed E-state index contributed by atoms with van der Waals surface area (Å²) in [5.74, 6) is 0.559. The number of aromatic amines is 1. The number of aromatic nitrogens is 2. The van der Waals surface area contributed by atoms with E-state index >= 15 is 0 Å². The van der Waals surface area contributed by atoms with E-state index in [4.69, 9.17) is 5.73 Å². The first-order chi connectivity index (χ1) is 5.27. The summed E-state index contributed by atoms with van der Waals surface area (Å²) < 4.78 is 0. The molecule has 0 bridgehead atoms. The van der Waals surface area contributed by atoms with Gasteiger partial charge in [-0.3, -0.25) is 4.98 Å². The number of hydrogen-bond donors (Lipinski definition) is 3. The Kier molecular flexibility index (Phi) is 0.936. The molecule has 0 radical (unpaired) electrons. The molecule has 0 spiro atoms. The van der Waals surface area contributed by atoms with E-state index in [0.29, 0.717) is 11.5 Å². The van der Waals surface area contributed by atoms with Crippen LogP contribution in [-0.2, 0) is 0 Å². The van der Waals surface area contributed by atoms with E-state index < -0.39 is 5.69 Å². The summed E-state index contributed by atoms with van der Waals surface area (Å²) in [5, 5.41) is 2.55. The molecular weight excluding hydrogens is 146 g/mol. The molecule has 0 amide bonds. The summed E-state index contributed by atoms with van der Waals surface area (Å²) >= 11 is 0. The standard InChI is InChI=1S/C5H3N5O/c6-3-2-4(8-1-7-2)10-5(11)9-3/h(H3-,6,7,8,9,10,11)/p+1. The van der Waals surface area contributed by atoms with Crippen molar-refractivity contribution in [3.8, 4) is 0 Å². The zero-order valence-electron chi connectivity index (χ0n) is 5.38. The largest absolute Gasteiger partial charge is 0.371 e. The van der Waals surface area contributed by atoms with Crippen LogP contribution in [0, 0.1) is 0 Å². The lowest BCUT2D eigenvalue weighted by Crippen LogP contribution is -2.13. The van der Waals surface area contributed by atoms with Crippen LogP contribution in [0.4, 0.5) is 17.3 Å². The molecule has 4 N–H and O–H groups in total. The van der Waals surface area contributed by atoms with Crippen molar-refractivity contribution in [3.05, 3.63) is 10.5 Å². The summed E-state index contributed by atoms with van der Waals surface area (Å²) in [6.07, 6.45) is 2.43. The number of H-pyrrole nitrogens is 1. The Morgan fingerprint density at radius 2 is 2.36 bits per heavy atom. The molecule has 0 atom stereocenters. The van der Waals surface area contributed by atoms with Crippen molar-refractivity contribution >= 4 is 23.7 Å². The fourth-order valence-electron chi connectivity index (χ4n) is 0.822. The lowest BCUT2D eigenvalue weighted by atomic mass is 10.4. The molecular formula is C5H4N5O+. The van der Waals surface area contributed by atoms with Gasteiger partial charge in [0.1, 0.15) is 0 Å². The molecule has 6 nitrogen and oxygen atoms in total. The van der Waals surface area contributed by atoms with Gasteiger partial charge in [0.15, 0.2) is 0 Å². The van der Waals surface area contributed by atoms with Gasteiger partial charge < -0.3 is 5.73 Å². The summed E-state index contributed by atoms with van der Waals surface area (Å²) in [4.78, 5) is 20.3. The van der Waals surface area contributed by atoms with Gasteiger partial charge in [-0.05, 0) is 4.99 Å². The predicted molar refractivity (Wildman–Crippen MR) is 40.0 cm³/mol. The fourth-order valence-corrected chi connectivity index (χ4v) is 0.822. The second-order valence-corrected chi connectivity index (χ2v) is 2.00. The first kappa shape index (κ1) is 5.82.